The minimum Gasteiger partial charge on any atom is -0.504 e. The number of hydrogen-bond acceptors (Lipinski definition) is 6. The maximum Gasteiger partial charge on any atom is 0.234 e. The number of halogens is 1. The van der Waals surface area contributed by atoms with E-state index in [1.165, 1.54) is 6.07 Å². The van der Waals surface area contributed by atoms with E-state index in [1.54, 1.807) is 31.2 Å². The van der Waals surface area contributed by atoms with Crippen LogP contribution in [0.4, 0.5) is 5.69 Å². The predicted molar refractivity (Wildman–Crippen MR) is 123 cm³/mol. The number of nitriles is 1. The van der Waals surface area contributed by atoms with Crippen molar-refractivity contribution in [2.75, 3.05) is 17.7 Å². The van der Waals surface area contributed by atoms with Gasteiger partial charge in [-0.1, -0.05) is 33.8 Å². The Kier molecular flexibility index (Phi) is 7.60. The van der Waals surface area contributed by atoms with Crippen molar-refractivity contribution in [3.63, 3.8) is 0 Å². The highest BCUT2D eigenvalue weighted by Gasteiger charge is 2.30. The van der Waals surface area contributed by atoms with Crippen molar-refractivity contribution in [1.29, 1.82) is 5.26 Å². The first-order valence-corrected chi connectivity index (χ1v) is 11.3. The van der Waals surface area contributed by atoms with Crippen molar-refractivity contribution in [3.8, 4) is 17.6 Å². The number of phenols is 1. The summed E-state index contributed by atoms with van der Waals surface area (Å²) < 4.78 is 6.33. The number of phenolic OH excluding ortho intramolecular Hbond substituents is 1. The number of thioether (sulfide) groups is 1. The van der Waals surface area contributed by atoms with E-state index in [4.69, 9.17) is 4.74 Å². The van der Waals surface area contributed by atoms with Gasteiger partial charge in [0, 0.05) is 22.5 Å². The van der Waals surface area contributed by atoms with Crippen LogP contribution in [0, 0.1) is 11.3 Å². The third kappa shape index (κ3) is 5.81. The number of carbonyl (C=O) groups excluding carboxylic acids is 2. The van der Waals surface area contributed by atoms with E-state index in [2.05, 4.69) is 32.6 Å². The van der Waals surface area contributed by atoms with Gasteiger partial charge in [0.1, 0.15) is 0 Å². The van der Waals surface area contributed by atoms with Crippen LogP contribution in [-0.4, -0.2) is 29.3 Å². The molecule has 0 aliphatic carbocycles. The lowest BCUT2D eigenvalue weighted by Gasteiger charge is -2.25. The summed E-state index contributed by atoms with van der Waals surface area (Å²) in [5.74, 6) is -0.666. The van der Waals surface area contributed by atoms with Crippen molar-refractivity contribution in [2.24, 2.45) is 0 Å². The number of ether oxygens (including phenoxy) is 1. The molecule has 1 aliphatic heterocycles. The Morgan fingerprint density at radius 1 is 1.35 bits per heavy atom. The van der Waals surface area contributed by atoms with E-state index in [0.717, 1.165) is 16.2 Å². The van der Waals surface area contributed by atoms with Crippen molar-refractivity contribution < 1.29 is 19.4 Å². The summed E-state index contributed by atoms with van der Waals surface area (Å²) in [4.78, 5) is 24.6. The second kappa shape index (κ2) is 10.4. The second-order valence-electron chi connectivity index (χ2n) is 6.66. The molecule has 0 radical (unpaired) electrons. The molecule has 7 nitrogen and oxygen atoms in total. The lowest BCUT2D eigenvalue weighted by atomic mass is 9.87. The highest BCUT2D eigenvalue weighted by atomic mass is 79.9. The van der Waals surface area contributed by atoms with E-state index < -0.39 is 5.92 Å². The molecule has 2 aromatic rings. The average Bonchev–Trinajstić information content (AvgIpc) is 2.75. The molecule has 2 aromatic carbocycles. The highest BCUT2D eigenvalue weighted by molar-refractivity contribution is 9.10. The first-order valence-electron chi connectivity index (χ1n) is 9.49. The zero-order valence-electron chi connectivity index (χ0n) is 16.6. The van der Waals surface area contributed by atoms with Gasteiger partial charge in [0.05, 0.1) is 29.0 Å². The van der Waals surface area contributed by atoms with Gasteiger partial charge in [-0.3, -0.25) is 9.59 Å². The number of benzene rings is 2. The monoisotopic (exact) mass is 501 g/mol. The first kappa shape index (κ1) is 22.7. The van der Waals surface area contributed by atoms with Crippen LogP contribution in [0.1, 0.15) is 24.8 Å². The lowest BCUT2D eigenvalue weighted by Crippen LogP contribution is -2.31. The molecule has 0 saturated carbocycles. The van der Waals surface area contributed by atoms with Crippen LogP contribution in [0.25, 0.3) is 0 Å². The topological polar surface area (TPSA) is 111 Å². The SMILES string of the molecule is CCOc1cc(C2CC(=O)NC(SCC(=O)Nc3ccc(Br)cc3)=C2C#N)ccc1O. The van der Waals surface area contributed by atoms with Gasteiger partial charge in [-0.05, 0) is 48.9 Å². The maximum atomic E-state index is 12.3. The van der Waals surface area contributed by atoms with Gasteiger partial charge < -0.3 is 20.5 Å². The van der Waals surface area contributed by atoms with Crippen LogP contribution in [-0.2, 0) is 9.59 Å². The molecule has 0 saturated heterocycles. The third-order valence-corrected chi connectivity index (χ3v) is 6.06. The van der Waals surface area contributed by atoms with Crippen LogP contribution >= 0.6 is 27.7 Å². The van der Waals surface area contributed by atoms with Crippen molar-refractivity contribution >= 4 is 45.2 Å². The summed E-state index contributed by atoms with van der Waals surface area (Å²) in [5.41, 5.74) is 1.71. The molecule has 0 aromatic heterocycles. The number of anilines is 1. The minimum atomic E-state index is -0.490. The second-order valence-corrected chi connectivity index (χ2v) is 8.56. The standard InChI is InChI=1S/C22H20BrN3O4S/c1-2-30-19-9-13(3-8-18(19)27)16-10-20(28)26-22(17(16)11-24)31-12-21(29)25-15-6-4-14(23)5-7-15/h3-9,16,27H,2,10,12H2,1H3,(H,25,29)(H,26,28). The molecule has 0 fully saturated rings. The minimum absolute atomic E-state index is 0.00689. The number of hydrogen-bond donors (Lipinski definition) is 3. The summed E-state index contributed by atoms with van der Waals surface area (Å²) in [6, 6.07) is 14.1. The zero-order chi connectivity index (χ0) is 22.4. The number of rotatable bonds is 7. The molecule has 2 amide bonds. The Morgan fingerprint density at radius 3 is 2.77 bits per heavy atom. The van der Waals surface area contributed by atoms with Crippen molar-refractivity contribution in [3.05, 3.63) is 63.1 Å². The van der Waals surface area contributed by atoms with Crippen LogP contribution in [0.5, 0.6) is 11.5 Å². The molecular formula is C22H20BrN3O4S. The fourth-order valence-electron chi connectivity index (χ4n) is 3.10. The Morgan fingerprint density at radius 2 is 2.10 bits per heavy atom. The fourth-order valence-corrected chi connectivity index (χ4v) is 4.25. The van der Waals surface area contributed by atoms with E-state index in [0.29, 0.717) is 34.2 Å². The quantitative estimate of drug-likeness (QED) is 0.522. The summed E-state index contributed by atoms with van der Waals surface area (Å²) >= 11 is 4.44. The number of allylic oxidation sites excluding steroid dienone is 1. The molecular weight excluding hydrogens is 482 g/mol. The van der Waals surface area contributed by atoms with Crippen LogP contribution in [0.2, 0.25) is 0 Å². The number of nitrogens with one attached hydrogen (secondary N) is 2. The van der Waals surface area contributed by atoms with Gasteiger partial charge in [-0.2, -0.15) is 5.26 Å². The number of carbonyl (C=O) groups is 2. The largest absolute Gasteiger partial charge is 0.504 e. The summed E-state index contributed by atoms with van der Waals surface area (Å²) in [5, 5.41) is 25.6. The first-order chi connectivity index (χ1) is 14.9. The predicted octanol–water partition coefficient (Wildman–Crippen LogP) is 4.26. The Labute approximate surface area is 192 Å². The summed E-state index contributed by atoms with van der Waals surface area (Å²) in [6.07, 6.45) is 0.0916. The van der Waals surface area contributed by atoms with Gasteiger partial charge in [0.15, 0.2) is 11.5 Å². The fraction of sp³-hybridized carbons (Fsp3) is 0.227. The molecule has 31 heavy (non-hydrogen) atoms. The van der Waals surface area contributed by atoms with Crippen LogP contribution in [0.15, 0.2) is 57.5 Å². The van der Waals surface area contributed by atoms with Crippen LogP contribution < -0.4 is 15.4 Å². The van der Waals surface area contributed by atoms with E-state index in [9.17, 15) is 20.0 Å². The molecule has 1 aliphatic rings. The number of amides is 2. The molecule has 1 unspecified atom stereocenters. The van der Waals surface area contributed by atoms with Gasteiger partial charge in [0.2, 0.25) is 11.8 Å². The van der Waals surface area contributed by atoms with Gasteiger partial charge in [-0.15, -0.1) is 0 Å². The van der Waals surface area contributed by atoms with Crippen molar-refractivity contribution in [2.45, 2.75) is 19.3 Å². The highest BCUT2D eigenvalue weighted by Crippen LogP contribution is 2.39. The Bertz CT molecular complexity index is 1060. The third-order valence-electron chi connectivity index (χ3n) is 4.52. The average molecular weight is 502 g/mol. The number of aromatic hydroxyl groups is 1. The zero-order valence-corrected chi connectivity index (χ0v) is 19.0. The normalized spacial score (nSPS) is 15.8. The molecule has 1 heterocycles. The Hall–Kier alpha value is -2.96. The Balaban J connectivity index is 1.78. The molecule has 3 N–H and O–H groups in total. The molecule has 160 valence electrons. The maximum absolute atomic E-state index is 12.3. The number of nitrogens with zero attached hydrogens (tertiary/aromatic N) is 1. The molecule has 0 bridgehead atoms. The summed E-state index contributed by atoms with van der Waals surface area (Å²) in [7, 11) is 0. The van der Waals surface area contributed by atoms with E-state index in [1.807, 2.05) is 12.1 Å². The molecule has 3 rings (SSSR count). The summed E-state index contributed by atoms with van der Waals surface area (Å²) in [6.45, 7) is 2.17. The van der Waals surface area contributed by atoms with E-state index >= 15 is 0 Å². The van der Waals surface area contributed by atoms with Crippen molar-refractivity contribution in [1.82, 2.24) is 5.32 Å². The molecule has 1 atom stereocenters. The smallest absolute Gasteiger partial charge is 0.234 e. The van der Waals surface area contributed by atoms with Gasteiger partial charge in [-0.25, -0.2) is 0 Å². The molecule has 9 heteroatoms. The lowest BCUT2D eigenvalue weighted by molar-refractivity contribution is -0.121. The van der Waals surface area contributed by atoms with Gasteiger partial charge in [0.25, 0.3) is 0 Å². The van der Waals surface area contributed by atoms with Crippen LogP contribution in [0.3, 0.4) is 0 Å². The molecule has 0 spiro atoms. The van der Waals surface area contributed by atoms with E-state index in [-0.39, 0.29) is 29.7 Å². The van der Waals surface area contributed by atoms with Gasteiger partial charge >= 0.3 is 0 Å².